The second kappa shape index (κ2) is 5.88. The molecule has 1 nitrogen and oxygen atoms in total. The molecule has 106 valence electrons. The van der Waals surface area contributed by atoms with Crippen LogP contribution in [0, 0.1) is 17.0 Å². The van der Waals surface area contributed by atoms with Gasteiger partial charge in [0.15, 0.2) is 0 Å². The average molecular weight is 332 g/mol. The molecule has 0 bridgehead atoms. The van der Waals surface area contributed by atoms with E-state index in [0.29, 0.717) is 5.56 Å². The zero-order valence-electron chi connectivity index (χ0n) is 11.4. The van der Waals surface area contributed by atoms with E-state index >= 15 is 0 Å². The summed E-state index contributed by atoms with van der Waals surface area (Å²) in [6.07, 6.45) is 4.45. The van der Waals surface area contributed by atoms with Crippen LogP contribution < -0.4 is 5.32 Å². The van der Waals surface area contributed by atoms with Crippen molar-refractivity contribution in [3.05, 3.63) is 33.8 Å². The van der Waals surface area contributed by atoms with E-state index in [4.69, 9.17) is 0 Å². The maximum Gasteiger partial charge on any atom is 0.137 e. The van der Waals surface area contributed by atoms with Gasteiger partial charge in [-0.15, -0.1) is 0 Å². The summed E-state index contributed by atoms with van der Waals surface area (Å²) in [4.78, 5) is 0. The van der Waals surface area contributed by atoms with Crippen molar-refractivity contribution in [3.8, 4) is 0 Å². The van der Waals surface area contributed by atoms with Gasteiger partial charge in [0, 0.05) is 11.6 Å². The summed E-state index contributed by atoms with van der Waals surface area (Å²) in [7, 11) is 0. The first-order valence-corrected chi connectivity index (χ1v) is 7.65. The van der Waals surface area contributed by atoms with E-state index in [0.717, 1.165) is 19.4 Å². The molecule has 1 aromatic carbocycles. The van der Waals surface area contributed by atoms with E-state index in [1.54, 1.807) is 0 Å². The van der Waals surface area contributed by atoms with E-state index in [1.165, 1.54) is 25.0 Å². The Morgan fingerprint density at radius 1 is 1.26 bits per heavy atom. The zero-order chi connectivity index (χ0) is 14.0. The van der Waals surface area contributed by atoms with Crippen LogP contribution in [0.5, 0.6) is 0 Å². The minimum Gasteiger partial charge on any atom is -0.310 e. The van der Waals surface area contributed by atoms with Crippen LogP contribution in [0.1, 0.15) is 51.1 Å². The SMILES string of the molecule is CCNC(c1cc(F)c(Br)cc1F)C1(C)CCCC1. The fourth-order valence-electron chi connectivity index (χ4n) is 3.17. The van der Waals surface area contributed by atoms with Gasteiger partial charge in [0.2, 0.25) is 0 Å². The summed E-state index contributed by atoms with van der Waals surface area (Å²) in [6.45, 7) is 4.92. The van der Waals surface area contributed by atoms with Crippen molar-refractivity contribution in [3.63, 3.8) is 0 Å². The molecule has 0 saturated heterocycles. The van der Waals surface area contributed by atoms with Crippen LogP contribution in [-0.4, -0.2) is 6.54 Å². The molecule has 1 N–H and O–H groups in total. The van der Waals surface area contributed by atoms with Crippen molar-refractivity contribution in [1.29, 1.82) is 0 Å². The molecule has 1 fully saturated rings. The lowest BCUT2D eigenvalue weighted by Crippen LogP contribution is -2.35. The number of benzene rings is 1. The maximum atomic E-state index is 14.2. The molecule has 1 aliphatic carbocycles. The fraction of sp³-hybridized carbons (Fsp3) is 0.600. The highest BCUT2D eigenvalue weighted by molar-refractivity contribution is 9.10. The van der Waals surface area contributed by atoms with Crippen molar-refractivity contribution in [2.45, 2.75) is 45.6 Å². The number of hydrogen-bond donors (Lipinski definition) is 1. The highest BCUT2D eigenvalue weighted by Crippen LogP contribution is 2.48. The van der Waals surface area contributed by atoms with E-state index < -0.39 is 5.82 Å². The molecular weight excluding hydrogens is 312 g/mol. The molecule has 0 aliphatic heterocycles. The summed E-state index contributed by atoms with van der Waals surface area (Å²) < 4.78 is 28.1. The van der Waals surface area contributed by atoms with Gasteiger partial charge in [-0.1, -0.05) is 26.7 Å². The lowest BCUT2D eigenvalue weighted by atomic mass is 9.77. The standard InChI is InChI=1S/C15H20BrF2N/c1-3-19-14(15(2)6-4-5-7-15)10-8-13(18)11(16)9-12(10)17/h8-9,14,19H,3-7H2,1-2H3. The minimum absolute atomic E-state index is 0.0110. The van der Waals surface area contributed by atoms with Gasteiger partial charge in [-0.05, 0) is 52.9 Å². The Morgan fingerprint density at radius 2 is 1.89 bits per heavy atom. The number of rotatable bonds is 4. The first-order chi connectivity index (χ1) is 8.98. The van der Waals surface area contributed by atoms with E-state index in [-0.39, 0.29) is 21.7 Å². The predicted molar refractivity (Wildman–Crippen MR) is 77.1 cm³/mol. The third-order valence-electron chi connectivity index (χ3n) is 4.20. The van der Waals surface area contributed by atoms with E-state index in [1.807, 2.05) is 6.92 Å². The molecule has 4 heteroatoms. The minimum atomic E-state index is -0.402. The fourth-order valence-corrected chi connectivity index (χ4v) is 3.48. The lowest BCUT2D eigenvalue weighted by molar-refractivity contribution is 0.221. The second-order valence-electron chi connectivity index (χ2n) is 5.64. The largest absolute Gasteiger partial charge is 0.310 e. The predicted octanol–water partition coefficient (Wildman–Crippen LogP) is 4.96. The molecule has 0 spiro atoms. The third kappa shape index (κ3) is 3.00. The van der Waals surface area contributed by atoms with Gasteiger partial charge in [-0.25, -0.2) is 8.78 Å². The smallest absolute Gasteiger partial charge is 0.137 e. The van der Waals surface area contributed by atoms with Gasteiger partial charge >= 0.3 is 0 Å². The number of hydrogen-bond acceptors (Lipinski definition) is 1. The van der Waals surface area contributed by atoms with Gasteiger partial charge in [0.1, 0.15) is 11.6 Å². The van der Waals surface area contributed by atoms with E-state index in [9.17, 15) is 8.78 Å². The molecule has 1 aliphatic rings. The Hall–Kier alpha value is -0.480. The first-order valence-electron chi connectivity index (χ1n) is 6.86. The molecule has 0 aromatic heterocycles. The van der Waals surface area contributed by atoms with Crippen molar-refractivity contribution in [2.24, 2.45) is 5.41 Å². The Balaban J connectivity index is 2.41. The molecule has 0 heterocycles. The maximum absolute atomic E-state index is 14.2. The van der Waals surface area contributed by atoms with Crippen molar-refractivity contribution >= 4 is 15.9 Å². The Bertz CT molecular complexity index is 456. The Kier molecular flexibility index (Phi) is 4.62. The Labute approximate surface area is 121 Å². The lowest BCUT2D eigenvalue weighted by Gasteiger charge is -2.35. The average Bonchev–Trinajstić information content (AvgIpc) is 2.79. The molecule has 0 radical (unpaired) electrons. The molecule has 1 atom stereocenters. The van der Waals surface area contributed by atoms with Crippen LogP contribution >= 0.6 is 15.9 Å². The molecule has 1 unspecified atom stereocenters. The van der Waals surface area contributed by atoms with Gasteiger partial charge in [0.05, 0.1) is 4.47 Å². The van der Waals surface area contributed by atoms with Crippen molar-refractivity contribution in [1.82, 2.24) is 5.32 Å². The van der Waals surface area contributed by atoms with Gasteiger partial charge in [-0.2, -0.15) is 0 Å². The molecule has 1 saturated carbocycles. The third-order valence-corrected chi connectivity index (χ3v) is 4.81. The molecule has 19 heavy (non-hydrogen) atoms. The summed E-state index contributed by atoms with van der Waals surface area (Å²) in [6, 6.07) is 2.44. The number of nitrogens with one attached hydrogen (secondary N) is 1. The Morgan fingerprint density at radius 3 is 2.47 bits per heavy atom. The van der Waals surface area contributed by atoms with Crippen LogP contribution in [0.15, 0.2) is 16.6 Å². The zero-order valence-corrected chi connectivity index (χ0v) is 13.0. The van der Waals surface area contributed by atoms with E-state index in [2.05, 4.69) is 28.2 Å². The van der Waals surface area contributed by atoms with Crippen molar-refractivity contribution in [2.75, 3.05) is 6.54 Å². The number of halogens is 3. The van der Waals surface area contributed by atoms with Crippen LogP contribution in [-0.2, 0) is 0 Å². The molecule has 1 aromatic rings. The van der Waals surface area contributed by atoms with Crippen LogP contribution in [0.4, 0.5) is 8.78 Å². The van der Waals surface area contributed by atoms with Crippen LogP contribution in [0.3, 0.4) is 0 Å². The quantitative estimate of drug-likeness (QED) is 0.769. The monoisotopic (exact) mass is 331 g/mol. The van der Waals surface area contributed by atoms with Gasteiger partial charge in [0.25, 0.3) is 0 Å². The summed E-state index contributed by atoms with van der Waals surface area (Å²) in [5, 5.41) is 3.35. The second-order valence-corrected chi connectivity index (χ2v) is 6.49. The molecule has 0 amide bonds. The highest BCUT2D eigenvalue weighted by atomic mass is 79.9. The van der Waals surface area contributed by atoms with Crippen molar-refractivity contribution < 1.29 is 8.78 Å². The van der Waals surface area contributed by atoms with Crippen LogP contribution in [0.2, 0.25) is 0 Å². The summed E-state index contributed by atoms with van der Waals surface area (Å²) >= 11 is 3.03. The summed E-state index contributed by atoms with van der Waals surface area (Å²) in [5.41, 5.74) is 0.462. The summed E-state index contributed by atoms with van der Waals surface area (Å²) in [5.74, 6) is -0.742. The normalized spacial score (nSPS) is 19.6. The molecule has 2 rings (SSSR count). The van der Waals surface area contributed by atoms with Crippen LogP contribution in [0.25, 0.3) is 0 Å². The first kappa shape index (κ1) is 14.9. The highest BCUT2D eigenvalue weighted by Gasteiger charge is 2.38. The molecular formula is C15H20BrF2N. The van der Waals surface area contributed by atoms with Gasteiger partial charge in [-0.3, -0.25) is 0 Å². The topological polar surface area (TPSA) is 12.0 Å². The van der Waals surface area contributed by atoms with Gasteiger partial charge < -0.3 is 5.32 Å².